The van der Waals surface area contributed by atoms with Crippen LogP contribution in [0.4, 0.5) is 4.39 Å². The zero-order valence-corrected chi connectivity index (χ0v) is 10.6. The van der Waals surface area contributed by atoms with Crippen LogP contribution in [-0.4, -0.2) is 5.11 Å². The van der Waals surface area contributed by atoms with Crippen LogP contribution in [0, 0.1) is 12.7 Å². The van der Waals surface area contributed by atoms with Crippen molar-refractivity contribution in [1.82, 2.24) is 0 Å². The number of hydrogen-bond donors (Lipinski definition) is 1. The number of benzene rings is 2. The third kappa shape index (κ3) is 2.34. The molecule has 3 heteroatoms. The minimum atomic E-state index is -0.690. The third-order valence-electron chi connectivity index (χ3n) is 3.45. The molecule has 1 aliphatic rings. The van der Waals surface area contributed by atoms with Crippen LogP contribution in [0.3, 0.4) is 0 Å². The minimum Gasteiger partial charge on any atom is -0.485 e. The normalized spacial score (nSPS) is 21.6. The Bertz CT molecular complexity index is 609. The summed E-state index contributed by atoms with van der Waals surface area (Å²) in [5.41, 5.74) is 2.72. The molecule has 2 aromatic rings. The predicted octanol–water partition coefficient (Wildman–Crippen LogP) is 3.69. The number of aliphatic hydroxyl groups is 1. The van der Waals surface area contributed by atoms with E-state index >= 15 is 0 Å². The van der Waals surface area contributed by atoms with Gasteiger partial charge in [0, 0.05) is 12.0 Å². The third-order valence-corrected chi connectivity index (χ3v) is 3.45. The number of halogens is 1. The summed E-state index contributed by atoms with van der Waals surface area (Å²) in [5, 5.41) is 10.1. The molecule has 2 atom stereocenters. The number of ether oxygens (including phenoxy) is 1. The van der Waals surface area contributed by atoms with Crippen molar-refractivity contribution in [2.75, 3.05) is 0 Å². The maximum Gasteiger partial charge on any atom is 0.127 e. The number of fused-ring (bicyclic) bond motifs is 1. The highest BCUT2D eigenvalue weighted by molar-refractivity contribution is 5.39. The Balaban J connectivity index is 1.95. The van der Waals surface area contributed by atoms with Gasteiger partial charge in [0.15, 0.2) is 0 Å². The molecular formula is C16H15FO2. The summed E-state index contributed by atoms with van der Waals surface area (Å²) < 4.78 is 19.0. The summed E-state index contributed by atoms with van der Waals surface area (Å²) in [5.74, 6) is 0.210. The number of aryl methyl sites for hydroxylation is 1. The van der Waals surface area contributed by atoms with E-state index in [1.54, 1.807) is 6.07 Å². The highest BCUT2D eigenvalue weighted by atomic mass is 19.1. The van der Waals surface area contributed by atoms with Crippen molar-refractivity contribution in [2.24, 2.45) is 0 Å². The van der Waals surface area contributed by atoms with Crippen LogP contribution in [-0.2, 0) is 0 Å². The van der Waals surface area contributed by atoms with Crippen molar-refractivity contribution >= 4 is 0 Å². The Morgan fingerprint density at radius 3 is 2.84 bits per heavy atom. The van der Waals surface area contributed by atoms with Crippen molar-refractivity contribution in [3.8, 4) is 5.75 Å². The largest absolute Gasteiger partial charge is 0.485 e. The molecule has 0 saturated carbocycles. The van der Waals surface area contributed by atoms with Crippen molar-refractivity contribution in [1.29, 1.82) is 0 Å². The monoisotopic (exact) mass is 258 g/mol. The van der Waals surface area contributed by atoms with Gasteiger partial charge in [-0.3, -0.25) is 0 Å². The minimum absolute atomic E-state index is 0.187. The van der Waals surface area contributed by atoms with Crippen molar-refractivity contribution in [2.45, 2.75) is 25.6 Å². The van der Waals surface area contributed by atoms with E-state index in [9.17, 15) is 9.50 Å². The van der Waals surface area contributed by atoms with Gasteiger partial charge in [-0.2, -0.15) is 0 Å². The fraction of sp³-hybridized carbons (Fsp3) is 0.250. The summed E-state index contributed by atoms with van der Waals surface area (Å²) in [4.78, 5) is 0. The van der Waals surface area contributed by atoms with Crippen molar-refractivity contribution < 1.29 is 14.2 Å². The van der Waals surface area contributed by atoms with E-state index in [1.807, 2.05) is 31.2 Å². The van der Waals surface area contributed by atoms with Gasteiger partial charge in [0.2, 0.25) is 0 Å². The van der Waals surface area contributed by atoms with Crippen molar-refractivity contribution in [3.63, 3.8) is 0 Å². The lowest BCUT2D eigenvalue weighted by molar-refractivity contribution is 0.0653. The molecule has 1 heterocycles. The second-order valence-corrected chi connectivity index (χ2v) is 4.95. The molecule has 19 heavy (non-hydrogen) atoms. The SMILES string of the molecule is Cc1cccc(C2C[C@H](O)c3cc(F)ccc3O2)c1. The summed E-state index contributed by atoms with van der Waals surface area (Å²) in [6.07, 6.45) is -0.433. The molecule has 2 aromatic carbocycles. The maximum atomic E-state index is 13.2. The van der Waals surface area contributed by atoms with E-state index in [1.165, 1.54) is 12.1 Å². The highest BCUT2D eigenvalue weighted by Crippen LogP contribution is 2.40. The molecule has 0 radical (unpaired) electrons. The van der Waals surface area contributed by atoms with E-state index < -0.39 is 6.10 Å². The van der Waals surface area contributed by atoms with Crippen LogP contribution >= 0.6 is 0 Å². The lowest BCUT2D eigenvalue weighted by Crippen LogP contribution is -2.19. The first-order chi connectivity index (χ1) is 9.13. The first-order valence-corrected chi connectivity index (χ1v) is 6.34. The summed E-state index contributed by atoms with van der Waals surface area (Å²) in [7, 11) is 0. The Hall–Kier alpha value is -1.87. The molecular weight excluding hydrogens is 243 g/mol. The average molecular weight is 258 g/mol. The first kappa shape index (κ1) is 12.2. The van der Waals surface area contributed by atoms with Crippen LogP contribution in [0.2, 0.25) is 0 Å². The van der Waals surface area contributed by atoms with Crippen LogP contribution in [0.5, 0.6) is 5.75 Å². The molecule has 0 aromatic heterocycles. The van der Waals surface area contributed by atoms with Crippen LogP contribution in [0.15, 0.2) is 42.5 Å². The van der Waals surface area contributed by atoms with Crippen molar-refractivity contribution in [3.05, 3.63) is 65.0 Å². The van der Waals surface area contributed by atoms with Crippen LogP contribution < -0.4 is 4.74 Å². The number of rotatable bonds is 1. The smallest absolute Gasteiger partial charge is 0.127 e. The van der Waals surface area contributed by atoms with Gasteiger partial charge in [-0.15, -0.1) is 0 Å². The quantitative estimate of drug-likeness (QED) is 0.845. The lowest BCUT2D eigenvalue weighted by atomic mass is 9.94. The fourth-order valence-corrected chi connectivity index (χ4v) is 2.49. The van der Waals surface area contributed by atoms with Gasteiger partial charge in [0.25, 0.3) is 0 Å². The molecule has 3 rings (SSSR count). The van der Waals surface area contributed by atoms with Crippen LogP contribution in [0.1, 0.15) is 35.3 Å². The second-order valence-electron chi connectivity index (χ2n) is 4.95. The molecule has 0 aliphatic carbocycles. The van der Waals surface area contributed by atoms with E-state index in [0.29, 0.717) is 17.7 Å². The molecule has 0 saturated heterocycles. The standard InChI is InChI=1S/C16H15FO2/c1-10-3-2-4-11(7-10)16-9-14(18)13-8-12(17)5-6-15(13)19-16/h2-8,14,16,18H,9H2,1H3/t14-,16?/m0/s1. The van der Waals surface area contributed by atoms with Gasteiger partial charge in [-0.05, 0) is 30.7 Å². The average Bonchev–Trinajstić information content (AvgIpc) is 2.39. The van der Waals surface area contributed by atoms with E-state index in [-0.39, 0.29) is 11.9 Å². The summed E-state index contributed by atoms with van der Waals surface area (Å²) in [6, 6.07) is 12.3. The molecule has 0 amide bonds. The Morgan fingerprint density at radius 2 is 2.05 bits per heavy atom. The Kier molecular flexibility index (Phi) is 2.99. The van der Waals surface area contributed by atoms with E-state index in [0.717, 1.165) is 11.1 Å². The molecule has 1 N–H and O–H groups in total. The van der Waals surface area contributed by atoms with Gasteiger partial charge in [0.1, 0.15) is 17.7 Å². The van der Waals surface area contributed by atoms with Gasteiger partial charge >= 0.3 is 0 Å². The maximum absolute atomic E-state index is 13.2. The molecule has 1 unspecified atom stereocenters. The molecule has 0 fully saturated rings. The zero-order chi connectivity index (χ0) is 13.4. The summed E-state index contributed by atoms with van der Waals surface area (Å²) in [6.45, 7) is 2.02. The Labute approximate surface area is 111 Å². The summed E-state index contributed by atoms with van der Waals surface area (Å²) >= 11 is 0. The fourth-order valence-electron chi connectivity index (χ4n) is 2.49. The van der Waals surface area contributed by atoms with Gasteiger partial charge in [0.05, 0.1) is 6.10 Å². The topological polar surface area (TPSA) is 29.5 Å². The molecule has 2 nitrogen and oxygen atoms in total. The number of aliphatic hydroxyl groups excluding tert-OH is 1. The van der Waals surface area contributed by atoms with Gasteiger partial charge in [-0.25, -0.2) is 4.39 Å². The van der Waals surface area contributed by atoms with E-state index in [2.05, 4.69) is 0 Å². The zero-order valence-electron chi connectivity index (χ0n) is 10.6. The second kappa shape index (κ2) is 4.67. The molecule has 0 bridgehead atoms. The highest BCUT2D eigenvalue weighted by Gasteiger charge is 2.28. The molecule has 98 valence electrons. The van der Waals surface area contributed by atoms with Crippen LogP contribution in [0.25, 0.3) is 0 Å². The van der Waals surface area contributed by atoms with Gasteiger partial charge in [-0.1, -0.05) is 29.8 Å². The first-order valence-electron chi connectivity index (χ1n) is 6.34. The predicted molar refractivity (Wildman–Crippen MR) is 70.5 cm³/mol. The van der Waals surface area contributed by atoms with E-state index in [4.69, 9.17) is 4.74 Å². The lowest BCUT2D eigenvalue weighted by Gasteiger charge is -2.30. The van der Waals surface area contributed by atoms with Gasteiger partial charge < -0.3 is 9.84 Å². The Morgan fingerprint density at radius 1 is 1.21 bits per heavy atom. The molecule has 0 spiro atoms. The molecule has 1 aliphatic heterocycles. The number of hydrogen-bond acceptors (Lipinski definition) is 2.